The fourth-order valence-electron chi connectivity index (χ4n) is 4.10. The number of hydrogen-bond acceptors (Lipinski definition) is 7. The minimum atomic E-state index is -0.535. The van der Waals surface area contributed by atoms with E-state index in [2.05, 4.69) is 34.3 Å². The third kappa shape index (κ3) is 4.33. The number of ether oxygens (including phenoxy) is 1. The normalized spacial score (nSPS) is 14.5. The number of rotatable bonds is 5. The molecule has 0 unspecified atom stereocenters. The van der Waals surface area contributed by atoms with Crippen molar-refractivity contribution in [2.45, 2.75) is 33.2 Å². The maximum absolute atomic E-state index is 13.1. The quantitative estimate of drug-likeness (QED) is 0.400. The summed E-state index contributed by atoms with van der Waals surface area (Å²) in [6, 6.07) is 10.5. The van der Waals surface area contributed by atoms with Crippen molar-refractivity contribution in [1.29, 1.82) is 0 Å². The number of aryl methyl sites for hydroxylation is 2. The summed E-state index contributed by atoms with van der Waals surface area (Å²) in [6.45, 7) is 6.11. The van der Waals surface area contributed by atoms with Crippen LogP contribution in [0.5, 0.6) is 5.88 Å². The zero-order chi connectivity index (χ0) is 24.7. The molecule has 8 nitrogen and oxygen atoms in total. The maximum atomic E-state index is 13.1. The third-order valence-electron chi connectivity index (χ3n) is 5.97. The highest BCUT2D eigenvalue weighted by Crippen LogP contribution is 2.39. The number of nitrogens with zero attached hydrogens (tertiary/aromatic N) is 5. The smallest absolute Gasteiger partial charge is 0.227 e. The number of aromatic nitrogens is 4. The van der Waals surface area contributed by atoms with Crippen LogP contribution >= 0.6 is 22.9 Å². The molecule has 0 aliphatic carbocycles. The molecule has 1 amide bonds. The second-order valence-electron chi connectivity index (χ2n) is 8.25. The molecule has 1 aliphatic rings. The first-order valence-electron chi connectivity index (χ1n) is 11.0. The van der Waals surface area contributed by atoms with Gasteiger partial charge in [-0.25, -0.2) is 4.98 Å². The van der Waals surface area contributed by atoms with Gasteiger partial charge >= 0.3 is 0 Å². The summed E-state index contributed by atoms with van der Waals surface area (Å²) in [5.74, 6) is 1.66. The first-order valence-corrected chi connectivity index (χ1v) is 12.2. The first kappa shape index (κ1) is 23.2. The number of carbonyl (C=O) groups is 1. The molecule has 1 atom stereocenters. The molecule has 0 spiro atoms. The van der Waals surface area contributed by atoms with Gasteiger partial charge in [0.05, 0.1) is 31.1 Å². The number of benzene rings is 1. The fourth-order valence-corrected chi connectivity index (χ4v) is 5.44. The van der Waals surface area contributed by atoms with Gasteiger partial charge in [-0.3, -0.25) is 14.4 Å². The largest absolute Gasteiger partial charge is 0.481 e. The van der Waals surface area contributed by atoms with Crippen molar-refractivity contribution in [3.8, 4) is 10.9 Å². The minimum absolute atomic E-state index is 0.0915. The van der Waals surface area contributed by atoms with Gasteiger partial charge in [-0.2, -0.15) is 0 Å². The molecular formula is C25H23ClN6O2S. The van der Waals surface area contributed by atoms with Crippen LogP contribution in [0, 0.1) is 20.8 Å². The molecule has 0 saturated heterocycles. The average molecular weight is 507 g/mol. The number of nitrogens with one attached hydrogen (secondary N) is 1. The van der Waals surface area contributed by atoms with Crippen molar-refractivity contribution in [3.63, 3.8) is 0 Å². The minimum Gasteiger partial charge on any atom is -0.481 e. The highest BCUT2D eigenvalue weighted by Gasteiger charge is 2.32. The lowest BCUT2D eigenvalue weighted by atomic mass is 9.99. The predicted octanol–water partition coefficient (Wildman–Crippen LogP) is 5.23. The van der Waals surface area contributed by atoms with E-state index in [1.807, 2.05) is 35.8 Å². The van der Waals surface area contributed by atoms with Crippen LogP contribution in [-0.4, -0.2) is 38.5 Å². The lowest BCUT2D eigenvalue weighted by Crippen LogP contribution is -2.17. The Hall–Kier alpha value is -3.56. The van der Waals surface area contributed by atoms with E-state index >= 15 is 0 Å². The van der Waals surface area contributed by atoms with Gasteiger partial charge < -0.3 is 10.1 Å². The van der Waals surface area contributed by atoms with E-state index < -0.39 is 6.04 Å². The molecule has 178 valence electrons. The Balaban J connectivity index is 1.58. The molecule has 4 aromatic rings. The molecule has 1 N–H and O–H groups in total. The van der Waals surface area contributed by atoms with Gasteiger partial charge in [0.2, 0.25) is 11.8 Å². The number of fused-ring (bicyclic) bond motifs is 3. The highest BCUT2D eigenvalue weighted by atomic mass is 35.5. The summed E-state index contributed by atoms with van der Waals surface area (Å²) < 4.78 is 7.11. The Kier molecular flexibility index (Phi) is 6.12. The third-order valence-corrected chi connectivity index (χ3v) is 7.41. The number of methoxy groups -OCH3 is 1. The molecular weight excluding hydrogens is 484 g/mol. The topological polar surface area (TPSA) is 94.3 Å². The molecule has 0 radical (unpaired) electrons. The van der Waals surface area contributed by atoms with Gasteiger partial charge in [0.15, 0.2) is 5.82 Å². The summed E-state index contributed by atoms with van der Waals surface area (Å²) in [7, 11) is 1.54. The van der Waals surface area contributed by atoms with Crippen molar-refractivity contribution in [1.82, 2.24) is 19.7 Å². The van der Waals surface area contributed by atoms with E-state index in [-0.39, 0.29) is 12.3 Å². The molecule has 10 heteroatoms. The molecule has 4 heterocycles. The van der Waals surface area contributed by atoms with Crippen molar-refractivity contribution in [3.05, 3.63) is 80.8 Å². The Morgan fingerprint density at radius 2 is 1.91 bits per heavy atom. The molecule has 0 saturated carbocycles. The lowest BCUT2D eigenvalue weighted by Gasteiger charge is -2.13. The SMILES string of the molecule is COc1ccc(NC(=O)C[C@@H]2N=C(c3ccc(Cl)cc3)c3c(sc(C)c3C)-n3c(C)nnc32)cn1. The molecule has 1 aliphatic heterocycles. The van der Waals surface area contributed by atoms with Crippen molar-refractivity contribution < 1.29 is 9.53 Å². The van der Waals surface area contributed by atoms with Crippen molar-refractivity contribution >= 4 is 40.2 Å². The number of aliphatic imine (C=N–C) groups is 1. The number of halogens is 1. The monoisotopic (exact) mass is 506 g/mol. The van der Waals surface area contributed by atoms with Crippen LogP contribution in [0.1, 0.15) is 45.7 Å². The zero-order valence-corrected chi connectivity index (χ0v) is 21.2. The molecule has 1 aromatic carbocycles. The number of amides is 1. The molecule has 0 bridgehead atoms. The van der Waals surface area contributed by atoms with Crippen LogP contribution in [-0.2, 0) is 4.79 Å². The van der Waals surface area contributed by atoms with Gasteiger partial charge in [0, 0.05) is 27.1 Å². The Labute approximate surface area is 211 Å². The highest BCUT2D eigenvalue weighted by molar-refractivity contribution is 7.15. The van der Waals surface area contributed by atoms with E-state index in [0.29, 0.717) is 22.4 Å². The summed E-state index contributed by atoms with van der Waals surface area (Å²) in [5.41, 5.74) is 4.49. The van der Waals surface area contributed by atoms with Crippen molar-refractivity contribution in [2.24, 2.45) is 4.99 Å². The zero-order valence-electron chi connectivity index (χ0n) is 19.7. The predicted molar refractivity (Wildman–Crippen MR) is 137 cm³/mol. The molecule has 5 rings (SSSR count). The number of carbonyl (C=O) groups excluding carboxylic acids is 1. The van der Waals surface area contributed by atoms with E-state index in [9.17, 15) is 4.79 Å². The van der Waals surface area contributed by atoms with Crippen molar-refractivity contribution in [2.75, 3.05) is 12.4 Å². The molecule has 0 fully saturated rings. The van der Waals surface area contributed by atoms with Crippen LogP contribution in [0.3, 0.4) is 0 Å². The first-order chi connectivity index (χ1) is 16.9. The molecule has 3 aromatic heterocycles. The Morgan fingerprint density at radius 1 is 1.14 bits per heavy atom. The number of thiophene rings is 1. The molecule has 35 heavy (non-hydrogen) atoms. The van der Waals surface area contributed by atoms with Gasteiger partial charge in [-0.05, 0) is 44.5 Å². The van der Waals surface area contributed by atoms with Crippen LogP contribution < -0.4 is 10.1 Å². The Bertz CT molecular complexity index is 1440. The van der Waals surface area contributed by atoms with E-state index in [4.69, 9.17) is 21.3 Å². The lowest BCUT2D eigenvalue weighted by molar-refractivity contribution is -0.116. The van der Waals surface area contributed by atoms with Gasteiger partial charge in [-0.15, -0.1) is 21.5 Å². The maximum Gasteiger partial charge on any atom is 0.227 e. The number of pyridine rings is 1. The Morgan fingerprint density at radius 3 is 2.60 bits per heavy atom. The van der Waals surface area contributed by atoms with Crippen LogP contribution in [0.25, 0.3) is 5.00 Å². The number of anilines is 1. The fraction of sp³-hybridized carbons (Fsp3) is 0.240. The standard InChI is InChI=1S/C25H23ClN6O2S/c1-13-14(2)35-25-22(13)23(16-5-7-17(26)8-6-16)29-19(24-31-30-15(3)32(24)25)11-20(33)28-18-9-10-21(34-4)27-12-18/h5-10,12,19H,11H2,1-4H3,(H,28,33)/t19-/m0/s1. The van der Waals surface area contributed by atoms with Gasteiger partial charge in [-0.1, -0.05) is 23.7 Å². The van der Waals surface area contributed by atoms with Gasteiger partial charge in [0.25, 0.3) is 0 Å². The van der Waals surface area contributed by atoms with Gasteiger partial charge in [0.1, 0.15) is 16.9 Å². The van der Waals surface area contributed by atoms with E-state index in [1.165, 1.54) is 4.88 Å². The van der Waals surface area contributed by atoms with E-state index in [0.717, 1.165) is 33.2 Å². The number of hydrogen-bond donors (Lipinski definition) is 1. The summed E-state index contributed by atoms with van der Waals surface area (Å²) in [4.78, 5) is 23.5. The van der Waals surface area contributed by atoms with E-state index in [1.54, 1.807) is 36.8 Å². The van der Waals surface area contributed by atoms with Crippen LogP contribution in [0.2, 0.25) is 5.02 Å². The second kappa shape index (κ2) is 9.24. The van der Waals surface area contributed by atoms with Crippen LogP contribution in [0.4, 0.5) is 5.69 Å². The summed E-state index contributed by atoms with van der Waals surface area (Å²) in [6.07, 6.45) is 1.65. The summed E-state index contributed by atoms with van der Waals surface area (Å²) in [5, 5.41) is 13.3. The summed E-state index contributed by atoms with van der Waals surface area (Å²) >= 11 is 7.84. The average Bonchev–Trinajstić information content (AvgIpc) is 3.32. The van der Waals surface area contributed by atoms with Crippen LogP contribution in [0.15, 0.2) is 47.6 Å². The second-order valence-corrected chi connectivity index (χ2v) is 9.89.